The fourth-order valence-electron chi connectivity index (χ4n) is 0.882. The molecule has 82 valence electrons. The first kappa shape index (κ1) is 12.9. The zero-order valence-corrected chi connectivity index (χ0v) is 8.90. The van der Waals surface area contributed by atoms with Gasteiger partial charge in [-0.1, -0.05) is 0 Å². The summed E-state index contributed by atoms with van der Waals surface area (Å²) < 4.78 is 14.1. The van der Waals surface area contributed by atoms with E-state index in [4.69, 9.17) is 4.74 Å². The van der Waals surface area contributed by atoms with E-state index in [1.807, 2.05) is 0 Å². The number of esters is 2. The van der Waals surface area contributed by atoms with E-state index in [0.717, 1.165) is 0 Å². The number of carbonyl (C=O) groups is 2. The molecule has 14 heavy (non-hydrogen) atoms. The highest BCUT2D eigenvalue weighted by molar-refractivity contribution is 5.81. The Kier molecular flexibility index (Phi) is 5.87. The van der Waals surface area contributed by atoms with Crippen molar-refractivity contribution in [1.82, 2.24) is 0 Å². The fourth-order valence-corrected chi connectivity index (χ4v) is 0.882. The summed E-state index contributed by atoms with van der Waals surface area (Å²) in [5.74, 6) is -1.06. The first-order valence-corrected chi connectivity index (χ1v) is 4.31. The lowest BCUT2D eigenvalue weighted by molar-refractivity contribution is -0.163. The zero-order valence-electron chi connectivity index (χ0n) is 8.90. The minimum Gasteiger partial charge on any atom is -0.469 e. The van der Waals surface area contributed by atoms with Gasteiger partial charge in [0, 0.05) is 0 Å². The molecular weight excluding hydrogens is 188 g/mol. The Morgan fingerprint density at radius 3 is 2.07 bits per heavy atom. The summed E-state index contributed by atoms with van der Waals surface area (Å²) in [6.07, 6.45) is -1.15. The molecule has 0 aromatic carbocycles. The van der Waals surface area contributed by atoms with Gasteiger partial charge in [0.15, 0.2) is 6.10 Å². The summed E-state index contributed by atoms with van der Waals surface area (Å²) in [6, 6.07) is 0. The van der Waals surface area contributed by atoms with Gasteiger partial charge in [-0.3, -0.25) is 4.79 Å². The number of hydrogen-bond donors (Lipinski definition) is 0. The predicted octanol–water partition coefficient (Wildman–Crippen LogP) is 0.516. The van der Waals surface area contributed by atoms with Crippen molar-refractivity contribution in [2.75, 3.05) is 14.2 Å². The molecule has 0 rings (SSSR count). The van der Waals surface area contributed by atoms with Gasteiger partial charge in [-0.25, -0.2) is 4.79 Å². The van der Waals surface area contributed by atoms with Crippen LogP contribution in [0.1, 0.15) is 20.3 Å². The molecule has 0 aliphatic heterocycles. The molecule has 0 radical (unpaired) electrons. The van der Waals surface area contributed by atoms with E-state index in [1.165, 1.54) is 14.2 Å². The Hall–Kier alpha value is -1.10. The molecule has 5 nitrogen and oxygen atoms in total. The lowest BCUT2D eigenvalue weighted by Gasteiger charge is -2.16. The molecule has 0 amide bonds. The lowest BCUT2D eigenvalue weighted by Crippen LogP contribution is -2.31. The number of rotatable bonds is 5. The van der Waals surface area contributed by atoms with Crippen LogP contribution in [0.4, 0.5) is 0 Å². The largest absolute Gasteiger partial charge is 0.469 e. The van der Waals surface area contributed by atoms with Crippen molar-refractivity contribution in [2.45, 2.75) is 32.5 Å². The van der Waals surface area contributed by atoms with Crippen molar-refractivity contribution in [1.29, 1.82) is 0 Å². The van der Waals surface area contributed by atoms with Crippen LogP contribution in [-0.4, -0.2) is 38.4 Å². The van der Waals surface area contributed by atoms with Crippen LogP contribution in [-0.2, 0) is 23.8 Å². The summed E-state index contributed by atoms with van der Waals surface area (Å²) in [6.45, 7) is 3.54. The summed E-state index contributed by atoms with van der Waals surface area (Å²) in [7, 11) is 2.50. The standard InChI is InChI=1S/C9H16O5/c1-6(2)14-7(9(11)13-4)5-8(10)12-3/h6-7H,5H2,1-4H3. The van der Waals surface area contributed by atoms with E-state index in [2.05, 4.69) is 9.47 Å². The van der Waals surface area contributed by atoms with Crippen LogP contribution in [0, 0.1) is 0 Å². The van der Waals surface area contributed by atoms with Crippen LogP contribution in [0.25, 0.3) is 0 Å². The molecule has 0 bridgehead atoms. The molecule has 1 atom stereocenters. The maximum Gasteiger partial charge on any atom is 0.335 e. The van der Waals surface area contributed by atoms with E-state index in [1.54, 1.807) is 13.8 Å². The summed E-state index contributed by atoms with van der Waals surface area (Å²) in [5, 5.41) is 0. The molecule has 0 saturated carbocycles. The van der Waals surface area contributed by atoms with Crippen LogP contribution in [0.3, 0.4) is 0 Å². The summed E-state index contributed by atoms with van der Waals surface area (Å²) >= 11 is 0. The second-order valence-electron chi connectivity index (χ2n) is 2.98. The minimum atomic E-state index is -0.882. The normalized spacial score (nSPS) is 12.4. The highest BCUT2D eigenvalue weighted by Gasteiger charge is 2.24. The minimum absolute atomic E-state index is 0.124. The van der Waals surface area contributed by atoms with Gasteiger partial charge in [-0.05, 0) is 13.8 Å². The van der Waals surface area contributed by atoms with Crippen molar-refractivity contribution in [3.63, 3.8) is 0 Å². The molecule has 0 aromatic heterocycles. The lowest BCUT2D eigenvalue weighted by atomic mass is 10.2. The molecule has 1 unspecified atom stereocenters. The van der Waals surface area contributed by atoms with Gasteiger partial charge in [0.1, 0.15) is 0 Å². The van der Waals surface area contributed by atoms with Crippen LogP contribution in [0.2, 0.25) is 0 Å². The second kappa shape index (κ2) is 6.37. The van der Waals surface area contributed by atoms with Crippen molar-refractivity contribution >= 4 is 11.9 Å². The van der Waals surface area contributed by atoms with Crippen LogP contribution >= 0.6 is 0 Å². The molecule has 0 fully saturated rings. The van der Waals surface area contributed by atoms with Crippen molar-refractivity contribution < 1.29 is 23.8 Å². The quantitative estimate of drug-likeness (QED) is 0.611. The Labute approximate surface area is 83.3 Å². The van der Waals surface area contributed by atoms with Gasteiger partial charge in [-0.2, -0.15) is 0 Å². The van der Waals surface area contributed by atoms with Crippen molar-refractivity contribution in [3.8, 4) is 0 Å². The maximum atomic E-state index is 11.1. The number of ether oxygens (including phenoxy) is 3. The van der Waals surface area contributed by atoms with Crippen LogP contribution < -0.4 is 0 Å². The SMILES string of the molecule is COC(=O)CC(OC(C)C)C(=O)OC. The number of methoxy groups -OCH3 is 2. The van der Waals surface area contributed by atoms with E-state index < -0.39 is 18.0 Å². The van der Waals surface area contributed by atoms with Crippen molar-refractivity contribution in [2.24, 2.45) is 0 Å². The fraction of sp³-hybridized carbons (Fsp3) is 0.778. The van der Waals surface area contributed by atoms with Gasteiger partial charge < -0.3 is 14.2 Å². The summed E-state index contributed by atoms with van der Waals surface area (Å²) in [5.41, 5.74) is 0. The highest BCUT2D eigenvalue weighted by Crippen LogP contribution is 2.06. The topological polar surface area (TPSA) is 61.8 Å². The highest BCUT2D eigenvalue weighted by atomic mass is 16.6. The molecule has 0 spiro atoms. The second-order valence-corrected chi connectivity index (χ2v) is 2.98. The number of carbonyl (C=O) groups excluding carboxylic acids is 2. The Bertz CT molecular complexity index is 199. The van der Waals surface area contributed by atoms with E-state index in [9.17, 15) is 9.59 Å². The molecule has 0 aliphatic carbocycles. The molecular formula is C9H16O5. The average Bonchev–Trinajstić information content (AvgIpc) is 2.14. The molecule has 0 heterocycles. The molecule has 5 heteroatoms. The monoisotopic (exact) mass is 204 g/mol. The molecule has 0 aromatic rings. The van der Waals surface area contributed by atoms with E-state index in [0.29, 0.717) is 0 Å². The van der Waals surface area contributed by atoms with Crippen molar-refractivity contribution in [3.05, 3.63) is 0 Å². The molecule has 0 aliphatic rings. The zero-order chi connectivity index (χ0) is 11.1. The van der Waals surface area contributed by atoms with Gasteiger partial charge in [0.2, 0.25) is 0 Å². The first-order valence-electron chi connectivity index (χ1n) is 4.31. The Morgan fingerprint density at radius 1 is 1.14 bits per heavy atom. The van der Waals surface area contributed by atoms with Crippen LogP contribution in [0.15, 0.2) is 0 Å². The maximum absolute atomic E-state index is 11.1. The Balaban J connectivity index is 4.24. The third-order valence-electron chi connectivity index (χ3n) is 1.48. The Morgan fingerprint density at radius 2 is 1.71 bits per heavy atom. The molecule has 0 saturated heterocycles. The van der Waals surface area contributed by atoms with Gasteiger partial charge in [0.05, 0.1) is 26.7 Å². The van der Waals surface area contributed by atoms with Gasteiger partial charge in [0.25, 0.3) is 0 Å². The molecule has 0 N–H and O–H groups in total. The van der Waals surface area contributed by atoms with Gasteiger partial charge >= 0.3 is 11.9 Å². The van der Waals surface area contributed by atoms with Gasteiger partial charge in [-0.15, -0.1) is 0 Å². The van der Waals surface area contributed by atoms with Crippen LogP contribution in [0.5, 0.6) is 0 Å². The third-order valence-corrected chi connectivity index (χ3v) is 1.48. The van der Waals surface area contributed by atoms with E-state index in [-0.39, 0.29) is 12.5 Å². The predicted molar refractivity (Wildman–Crippen MR) is 48.7 cm³/mol. The number of hydrogen-bond acceptors (Lipinski definition) is 5. The average molecular weight is 204 g/mol. The van der Waals surface area contributed by atoms with E-state index >= 15 is 0 Å². The smallest absolute Gasteiger partial charge is 0.335 e. The first-order chi connectivity index (χ1) is 6.51. The summed E-state index contributed by atoms with van der Waals surface area (Å²) in [4.78, 5) is 22.1. The third kappa shape index (κ3) is 4.81.